The minimum atomic E-state index is -4.52. The van der Waals surface area contributed by atoms with E-state index in [1.54, 1.807) is 17.4 Å². The highest BCUT2D eigenvalue weighted by molar-refractivity contribution is 14.1. The van der Waals surface area contributed by atoms with Gasteiger partial charge in [0.15, 0.2) is 0 Å². The summed E-state index contributed by atoms with van der Waals surface area (Å²) in [6.07, 6.45) is -4.52. The Morgan fingerprint density at radius 1 is 1.20 bits per heavy atom. The Bertz CT molecular complexity index is 494. The predicted molar refractivity (Wildman–Crippen MR) is 75.2 cm³/mol. The zero-order valence-corrected chi connectivity index (χ0v) is 12.2. The summed E-state index contributed by atoms with van der Waals surface area (Å²) in [7, 11) is 0. The third-order valence-corrected chi connectivity index (χ3v) is 2.96. The third kappa shape index (κ3) is 6.59. The van der Waals surface area contributed by atoms with Crippen LogP contribution < -0.4 is 16.0 Å². The summed E-state index contributed by atoms with van der Waals surface area (Å²) < 4.78 is 36.4. The Kier molecular flexibility index (Phi) is 6.05. The lowest BCUT2D eigenvalue weighted by Gasteiger charge is -2.10. The van der Waals surface area contributed by atoms with Crippen molar-refractivity contribution < 1.29 is 22.8 Å². The van der Waals surface area contributed by atoms with Crippen LogP contribution in [-0.4, -0.2) is 31.2 Å². The smallest absolute Gasteiger partial charge is 0.375 e. The van der Waals surface area contributed by atoms with Crippen LogP contribution in [0.1, 0.15) is 0 Å². The van der Waals surface area contributed by atoms with Crippen molar-refractivity contribution in [2.24, 2.45) is 0 Å². The number of nitrogens with one attached hydrogen (secondary N) is 3. The van der Waals surface area contributed by atoms with E-state index in [1.165, 1.54) is 5.32 Å². The van der Waals surface area contributed by atoms with Gasteiger partial charge in [0, 0.05) is 9.26 Å². The first-order valence-corrected chi connectivity index (χ1v) is 6.48. The SMILES string of the molecule is O=C(CNc1ccccc1I)NC(=O)NCC(F)(F)F. The minimum absolute atomic E-state index is 0.223. The quantitative estimate of drug-likeness (QED) is 0.677. The molecule has 20 heavy (non-hydrogen) atoms. The highest BCUT2D eigenvalue weighted by atomic mass is 127. The van der Waals surface area contributed by atoms with Crippen molar-refractivity contribution in [3.05, 3.63) is 27.8 Å². The molecule has 3 N–H and O–H groups in total. The molecule has 0 radical (unpaired) electrons. The van der Waals surface area contributed by atoms with Crippen molar-refractivity contribution in [2.75, 3.05) is 18.4 Å². The fourth-order valence-corrected chi connectivity index (χ4v) is 1.75. The van der Waals surface area contributed by atoms with E-state index in [2.05, 4.69) is 27.9 Å². The van der Waals surface area contributed by atoms with Crippen molar-refractivity contribution in [1.82, 2.24) is 10.6 Å². The summed E-state index contributed by atoms with van der Waals surface area (Å²) >= 11 is 2.06. The van der Waals surface area contributed by atoms with Gasteiger partial charge in [-0.1, -0.05) is 12.1 Å². The Balaban J connectivity index is 2.34. The second kappa shape index (κ2) is 7.31. The van der Waals surface area contributed by atoms with Gasteiger partial charge in [0.1, 0.15) is 6.54 Å². The maximum Gasteiger partial charge on any atom is 0.405 e. The molecule has 0 fully saturated rings. The zero-order valence-electron chi connectivity index (χ0n) is 10.1. The molecular weight excluding hydrogens is 390 g/mol. The van der Waals surface area contributed by atoms with Gasteiger partial charge in [0.2, 0.25) is 5.91 Å². The molecule has 0 saturated carbocycles. The fraction of sp³-hybridized carbons (Fsp3) is 0.273. The number of para-hydroxylation sites is 1. The van der Waals surface area contributed by atoms with Crippen molar-refractivity contribution in [1.29, 1.82) is 0 Å². The first kappa shape index (κ1) is 16.5. The summed E-state index contributed by atoms with van der Waals surface area (Å²) in [5.41, 5.74) is 0.693. The predicted octanol–water partition coefficient (Wildman–Crippen LogP) is 2.09. The van der Waals surface area contributed by atoms with Crippen LogP contribution in [0.2, 0.25) is 0 Å². The molecule has 0 aliphatic rings. The largest absolute Gasteiger partial charge is 0.405 e. The summed E-state index contributed by atoms with van der Waals surface area (Å²) in [4.78, 5) is 22.4. The van der Waals surface area contributed by atoms with Gasteiger partial charge in [0.25, 0.3) is 0 Å². The Hall–Kier alpha value is -1.52. The van der Waals surface area contributed by atoms with Crippen LogP contribution in [0.3, 0.4) is 0 Å². The molecule has 0 aliphatic carbocycles. The molecule has 1 aromatic carbocycles. The molecule has 3 amide bonds. The molecule has 1 rings (SSSR count). The van der Waals surface area contributed by atoms with Gasteiger partial charge in [-0.2, -0.15) is 13.2 Å². The van der Waals surface area contributed by atoms with Crippen molar-refractivity contribution >= 4 is 40.2 Å². The first-order chi connectivity index (χ1) is 9.28. The van der Waals surface area contributed by atoms with E-state index in [-0.39, 0.29) is 6.54 Å². The van der Waals surface area contributed by atoms with Crippen molar-refractivity contribution in [3.8, 4) is 0 Å². The highest BCUT2D eigenvalue weighted by Gasteiger charge is 2.27. The summed E-state index contributed by atoms with van der Waals surface area (Å²) in [6, 6.07) is 5.95. The number of hydrogen-bond acceptors (Lipinski definition) is 3. The number of benzene rings is 1. The molecule has 0 atom stereocenters. The molecule has 0 aromatic heterocycles. The molecule has 110 valence electrons. The molecule has 0 unspecified atom stereocenters. The molecule has 0 saturated heterocycles. The van der Waals surface area contributed by atoms with Crippen LogP contribution in [0.4, 0.5) is 23.7 Å². The van der Waals surface area contributed by atoms with E-state index in [0.717, 1.165) is 3.57 Å². The summed E-state index contributed by atoms with van der Waals surface area (Å²) in [5, 5.41) is 6.09. The number of imide groups is 1. The van der Waals surface area contributed by atoms with Crippen molar-refractivity contribution in [2.45, 2.75) is 6.18 Å². The lowest BCUT2D eigenvalue weighted by Crippen LogP contribution is -2.45. The minimum Gasteiger partial charge on any atom is -0.375 e. The van der Waals surface area contributed by atoms with Gasteiger partial charge in [-0.05, 0) is 34.7 Å². The number of rotatable bonds is 4. The second-order valence-corrected chi connectivity index (χ2v) is 4.84. The van der Waals surface area contributed by atoms with Gasteiger partial charge >= 0.3 is 12.2 Å². The normalized spacial score (nSPS) is 10.8. The van der Waals surface area contributed by atoms with E-state index >= 15 is 0 Å². The van der Waals surface area contributed by atoms with Crippen LogP contribution in [0.25, 0.3) is 0 Å². The van der Waals surface area contributed by atoms with Crippen LogP contribution in [0, 0.1) is 3.57 Å². The number of urea groups is 1. The Labute approximate surface area is 126 Å². The molecule has 0 heterocycles. The molecule has 1 aromatic rings. The molecule has 5 nitrogen and oxygen atoms in total. The summed E-state index contributed by atoms with van der Waals surface area (Å²) in [5.74, 6) is -0.732. The van der Waals surface area contributed by atoms with E-state index in [1.807, 2.05) is 12.1 Å². The Morgan fingerprint density at radius 2 is 1.85 bits per heavy atom. The van der Waals surface area contributed by atoms with Crippen LogP contribution in [0.5, 0.6) is 0 Å². The van der Waals surface area contributed by atoms with E-state index in [9.17, 15) is 22.8 Å². The maximum absolute atomic E-state index is 11.8. The van der Waals surface area contributed by atoms with Crippen LogP contribution >= 0.6 is 22.6 Å². The molecule has 9 heteroatoms. The van der Waals surface area contributed by atoms with Crippen molar-refractivity contribution in [3.63, 3.8) is 0 Å². The average Bonchev–Trinajstić information content (AvgIpc) is 2.35. The van der Waals surface area contributed by atoms with E-state index < -0.39 is 24.7 Å². The number of hydrogen-bond donors (Lipinski definition) is 3. The Morgan fingerprint density at radius 3 is 2.45 bits per heavy atom. The van der Waals surface area contributed by atoms with Gasteiger partial charge in [-0.15, -0.1) is 0 Å². The lowest BCUT2D eigenvalue weighted by atomic mass is 10.3. The topological polar surface area (TPSA) is 70.2 Å². The molecule has 0 spiro atoms. The standard InChI is InChI=1S/C11H11F3IN3O2/c12-11(13,14)6-17-10(20)18-9(19)5-16-8-4-2-1-3-7(8)15/h1-4,16H,5-6H2,(H2,17,18,19,20). The van der Waals surface area contributed by atoms with E-state index in [4.69, 9.17) is 0 Å². The number of anilines is 1. The zero-order chi connectivity index (χ0) is 15.2. The molecule has 0 aliphatic heterocycles. The maximum atomic E-state index is 11.8. The highest BCUT2D eigenvalue weighted by Crippen LogP contribution is 2.16. The number of amides is 3. The number of carbonyl (C=O) groups is 2. The van der Waals surface area contributed by atoms with Gasteiger partial charge in [0.05, 0.1) is 6.54 Å². The number of carbonyl (C=O) groups excluding carboxylic acids is 2. The summed E-state index contributed by atoms with van der Waals surface area (Å²) in [6.45, 7) is -1.71. The average molecular weight is 401 g/mol. The van der Waals surface area contributed by atoms with Gasteiger partial charge in [-0.3, -0.25) is 10.1 Å². The first-order valence-electron chi connectivity index (χ1n) is 5.41. The van der Waals surface area contributed by atoms with Crippen LogP contribution in [0.15, 0.2) is 24.3 Å². The monoisotopic (exact) mass is 401 g/mol. The molecule has 0 bridgehead atoms. The third-order valence-electron chi connectivity index (χ3n) is 2.02. The number of alkyl halides is 3. The lowest BCUT2D eigenvalue weighted by molar-refractivity contribution is -0.124. The number of halogens is 4. The molecular formula is C11H11F3IN3O2. The fourth-order valence-electron chi connectivity index (χ4n) is 1.18. The van der Waals surface area contributed by atoms with Crippen LogP contribution in [-0.2, 0) is 4.79 Å². The van der Waals surface area contributed by atoms with Gasteiger partial charge in [-0.25, -0.2) is 4.79 Å². The second-order valence-electron chi connectivity index (χ2n) is 3.68. The van der Waals surface area contributed by atoms with Gasteiger partial charge < -0.3 is 10.6 Å². The van der Waals surface area contributed by atoms with E-state index in [0.29, 0.717) is 5.69 Å².